The first-order chi connectivity index (χ1) is 18.9. The minimum Gasteiger partial charge on any atom is -0.492 e. The van der Waals surface area contributed by atoms with E-state index < -0.39 is 23.5 Å². The molecule has 1 fully saturated rings. The van der Waals surface area contributed by atoms with Crippen LogP contribution < -0.4 is 15.1 Å². The highest BCUT2D eigenvalue weighted by molar-refractivity contribution is 6.33. The molecule has 1 aliphatic heterocycles. The Morgan fingerprint density at radius 1 is 0.900 bits per heavy atom. The fraction of sp³-hybridized carbons (Fsp3) is 0.320. The second kappa shape index (κ2) is 12.5. The first-order valence-corrected chi connectivity index (χ1v) is 12.6. The second-order valence-electron chi connectivity index (χ2n) is 8.70. The molecule has 0 spiro atoms. The summed E-state index contributed by atoms with van der Waals surface area (Å²) in [5.74, 6) is 0.902. The predicted molar refractivity (Wildman–Crippen MR) is 140 cm³/mol. The molecule has 0 atom stereocenters. The zero-order chi connectivity index (χ0) is 28.9. The van der Waals surface area contributed by atoms with E-state index in [1.54, 1.807) is 24.3 Å². The van der Waals surface area contributed by atoms with Crippen molar-refractivity contribution in [3.63, 3.8) is 0 Å². The topological polar surface area (TPSA) is 65.9 Å². The summed E-state index contributed by atoms with van der Waals surface area (Å²) < 4.78 is 82.6. The number of benzene rings is 1. The van der Waals surface area contributed by atoms with Gasteiger partial charge in [-0.1, -0.05) is 35.3 Å². The van der Waals surface area contributed by atoms with Gasteiger partial charge in [0.05, 0.1) is 27.4 Å². The molecule has 0 saturated carbocycles. The molecule has 0 unspecified atom stereocenters. The van der Waals surface area contributed by atoms with Gasteiger partial charge in [-0.3, -0.25) is 10.3 Å². The second-order valence-corrected chi connectivity index (χ2v) is 9.51. The van der Waals surface area contributed by atoms with Gasteiger partial charge in [-0.15, -0.1) is 0 Å². The van der Waals surface area contributed by atoms with E-state index in [9.17, 15) is 26.3 Å². The smallest absolute Gasteiger partial charge is 0.417 e. The molecular formula is C25H22Cl2F6N6O. The number of alkyl halides is 6. The number of hydrogen-bond acceptors (Lipinski definition) is 7. The molecule has 1 aliphatic rings. The average Bonchev–Trinajstić information content (AvgIpc) is 2.89. The minimum atomic E-state index is -4.55. The molecule has 0 radical (unpaired) electrons. The number of pyridine rings is 2. The van der Waals surface area contributed by atoms with Crippen LogP contribution in [0.3, 0.4) is 0 Å². The fourth-order valence-corrected chi connectivity index (χ4v) is 4.32. The van der Waals surface area contributed by atoms with Gasteiger partial charge in [0.15, 0.2) is 5.82 Å². The van der Waals surface area contributed by atoms with Crippen LogP contribution >= 0.6 is 23.2 Å². The van der Waals surface area contributed by atoms with E-state index in [0.717, 1.165) is 18.3 Å². The highest BCUT2D eigenvalue weighted by atomic mass is 35.5. The van der Waals surface area contributed by atoms with Gasteiger partial charge in [0.1, 0.15) is 18.2 Å². The van der Waals surface area contributed by atoms with Crippen LogP contribution in [0.25, 0.3) is 0 Å². The lowest BCUT2D eigenvalue weighted by Gasteiger charge is -2.35. The van der Waals surface area contributed by atoms with Crippen LogP contribution in [0, 0.1) is 0 Å². The summed E-state index contributed by atoms with van der Waals surface area (Å²) in [6.07, 6.45) is -6.15. The predicted octanol–water partition coefficient (Wildman–Crippen LogP) is 6.47. The van der Waals surface area contributed by atoms with Crippen LogP contribution in [0.15, 0.2) is 53.9 Å². The van der Waals surface area contributed by atoms with Crippen molar-refractivity contribution < 1.29 is 31.1 Å². The number of piperazine rings is 1. The number of halogens is 8. The molecule has 1 aromatic carbocycles. The normalized spacial score (nSPS) is 15.1. The first kappa shape index (κ1) is 29.7. The minimum absolute atomic E-state index is 0.0187. The summed E-state index contributed by atoms with van der Waals surface area (Å²) in [6, 6.07) is 8.69. The van der Waals surface area contributed by atoms with Crippen molar-refractivity contribution >= 4 is 41.1 Å². The summed E-state index contributed by atoms with van der Waals surface area (Å²) in [7, 11) is 0. The van der Waals surface area contributed by atoms with Crippen molar-refractivity contribution in [2.45, 2.75) is 12.4 Å². The van der Waals surface area contributed by atoms with Gasteiger partial charge in [-0.05, 0) is 29.8 Å². The summed E-state index contributed by atoms with van der Waals surface area (Å²) >= 11 is 11.9. The van der Waals surface area contributed by atoms with Crippen LogP contribution in [-0.2, 0) is 12.4 Å². The molecule has 3 aromatic rings. The highest BCUT2D eigenvalue weighted by Crippen LogP contribution is 2.34. The third-order valence-electron chi connectivity index (χ3n) is 5.91. The molecular weight excluding hydrogens is 585 g/mol. The molecule has 0 amide bonds. The van der Waals surface area contributed by atoms with Crippen LogP contribution in [-0.4, -0.2) is 60.4 Å². The van der Waals surface area contributed by atoms with Crippen molar-refractivity contribution in [1.82, 2.24) is 14.9 Å². The van der Waals surface area contributed by atoms with Gasteiger partial charge in [-0.25, -0.2) is 9.97 Å². The Morgan fingerprint density at radius 2 is 1.55 bits per heavy atom. The molecule has 1 saturated heterocycles. The number of hydrogen-bond donors (Lipinski definition) is 1. The Morgan fingerprint density at radius 3 is 2.17 bits per heavy atom. The number of rotatable bonds is 8. The van der Waals surface area contributed by atoms with Crippen LogP contribution in [0.5, 0.6) is 5.75 Å². The maximum absolute atomic E-state index is 12.9. The Kier molecular flexibility index (Phi) is 9.26. The zero-order valence-corrected chi connectivity index (χ0v) is 22.1. The Labute approximate surface area is 235 Å². The van der Waals surface area contributed by atoms with Gasteiger partial charge >= 0.3 is 12.4 Å². The molecule has 2 aromatic heterocycles. The Hall–Kier alpha value is -3.29. The van der Waals surface area contributed by atoms with Gasteiger partial charge < -0.3 is 9.64 Å². The van der Waals surface area contributed by atoms with E-state index in [2.05, 4.69) is 25.4 Å². The van der Waals surface area contributed by atoms with Crippen LogP contribution in [0.1, 0.15) is 16.7 Å². The van der Waals surface area contributed by atoms with Crippen molar-refractivity contribution in [3.8, 4) is 5.75 Å². The van der Waals surface area contributed by atoms with Gasteiger partial charge in [-0.2, -0.15) is 31.4 Å². The molecule has 15 heteroatoms. The standard InChI is InChI=1S/C25H22Cl2F6N6O/c26-20-11-17(24(28,29)30)14-34-22(20)37-36-13-16-2-1-3-19(10-16)40-9-8-38-4-6-39(7-5-38)23-21(27)12-18(15-35-23)25(31,32)33/h1-3,10-15H,4-9H2,(H,34,37)/b36-13-. The SMILES string of the molecule is FC(F)(F)c1cnc(N/N=C\c2cccc(OCCN3CCN(c4ncc(C(F)(F)F)cc4Cl)CC3)c2)c(Cl)c1. The Balaban J connectivity index is 1.23. The highest BCUT2D eigenvalue weighted by Gasteiger charge is 2.33. The monoisotopic (exact) mass is 606 g/mol. The van der Waals surface area contributed by atoms with Crippen molar-refractivity contribution in [2.24, 2.45) is 5.10 Å². The number of nitrogens with zero attached hydrogens (tertiary/aromatic N) is 5. The molecule has 214 valence electrons. The first-order valence-electron chi connectivity index (χ1n) is 11.8. The molecule has 7 nitrogen and oxygen atoms in total. The van der Waals surface area contributed by atoms with E-state index in [4.69, 9.17) is 27.9 Å². The molecule has 0 bridgehead atoms. The molecule has 4 rings (SSSR count). The van der Waals surface area contributed by atoms with E-state index >= 15 is 0 Å². The van der Waals surface area contributed by atoms with E-state index in [1.807, 2.05) is 4.90 Å². The average molecular weight is 607 g/mol. The molecule has 40 heavy (non-hydrogen) atoms. The molecule has 3 heterocycles. The maximum atomic E-state index is 12.9. The van der Waals surface area contributed by atoms with Crippen LogP contribution in [0.2, 0.25) is 10.0 Å². The van der Waals surface area contributed by atoms with E-state index in [-0.39, 0.29) is 15.9 Å². The van der Waals surface area contributed by atoms with Crippen molar-refractivity contribution in [2.75, 3.05) is 49.7 Å². The number of nitrogens with one attached hydrogen (secondary N) is 1. The summed E-state index contributed by atoms with van der Waals surface area (Å²) in [4.78, 5) is 11.6. The zero-order valence-electron chi connectivity index (χ0n) is 20.6. The summed E-state index contributed by atoms with van der Waals surface area (Å²) in [6.45, 7) is 3.43. The van der Waals surface area contributed by atoms with Crippen molar-refractivity contribution in [1.29, 1.82) is 0 Å². The Bertz CT molecular complexity index is 1350. The lowest BCUT2D eigenvalue weighted by Crippen LogP contribution is -2.47. The number of hydrazone groups is 1. The van der Waals surface area contributed by atoms with Gasteiger partial charge in [0.2, 0.25) is 0 Å². The fourth-order valence-electron chi connectivity index (χ4n) is 3.82. The van der Waals surface area contributed by atoms with E-state index in [1.165, 1.54) is 6.21 Å². The third-order valence-corrected chi connectivity index (χ3v) is 6.47. The lowest BCUT2D eigenvalue weighted by molar-refractivity contribution is -0.138. The maximum Gasteiger partial charge on any atom is 0.417 e. The van der Waals surface area contributed by atoms with Gasteiger partial charge in [0.25, 0.3) is 0 Å². The third kappa shape index (κ3) is 7.89. The largest absolute Gasteiger partial charge is 0.492 e. The number of aromatic nitrogens is 2. The molecule has 0 aliphatic carbocycles. The quantitative estimate of drug-likeness (QED) is 0.180. The number of ether oxygens (including phenoxy) is 1. The molecule has 1 N–H and O–H groups in total. The van der Waals surface area contributed by atoms with Crippen LogP contribution in [0.4, 0.5) is 38.0 Å². The van der Waals surface area contributed by atoms with E-state index in [0.29, 0.717) is 62.7 Å². The summed E-state index contributed by atoms with van der Waals surface area (Å²) in [5, 5.41) is 3.72. The van der Waals surface area contributed by atoms with Gasteiger partial charge in [0, 0.05) is 45.1 Å². The number of anilines is 2. The summed E-state index contributed by atoms with van der Waals surface area (Å²) in [5.41, 5.74) is 1.34. The van der Waals surface area contributed by atoms with Crippen molar-refractivity contribution in [3.05, 3.63) is 75.5 Å². The lowest BCUT2D eigenvalue weighted by atomic mass is 10.2.